The van der Waals surface area contributed by atoms with Crippen molar-refractivity contribution in [3.63, 3.8) is 0 Å². The van der Waals surface area contributed by atoms with Gasteiger partial charge in [-0.3, -0.25) is 0 Å². The van der Waals surface area contributed by atoms with Crippen LogP contribution in [-0.4, -0.2) is 13.7 Å². The fraction of sp³-hybridized carbons (Fsp3) is 0.250. The molecule has 4 heteroatoms. The van der Waals surface area contributed by atoms with E-state index in [1.165, 1.54) is 13.2 Å². The van der Waals surface area contributed by atoms with E-state index < -0.39 is 5.63 Å². The molecule has 2 heterocycles. The maximum Gasteiger partial charge on any atom is 0.339 e. The van der Waals surface area contributed by atoms with Gasteiger partial charge in [0.1, 0.15) is 17.1 Å². The number of hydrogen-bond acceptors (Lipinski definition) is 4. The van der Waals surface area contributed by atoms with Crippen molar-refractivity contribution in [3.05, 3.63) is 34.2 Å². The highest BCUT2D eigenvalue weighted by molar-refractivity contribution is 5.85. The summed E-state index contributed by atoms with van der Waals surface area (Å²) in [6.07, 6.45) is 0.882. The molecule has 0 saturated carbocycles. The first-order valence-corrected chi connectivity index (χ1v) is 5.05. The van der Waals surface area contributed by atoms with Gasteiger partial charge in [0.25, 0.3) is 0 Å². The van der Waals surface area contributed by atoms with Crippen molar-refractivity contribution in [2.24, 2.45) is 0 Å². The molecule has 0 atom stereocenters. The van der Waals surface area contributed by atoms with Crippen molar-refractivity contribution in [3.8, 4) is 11.5 Å². The Morgan fingerprint density at radius 2 is 2.19 bits per heavy atom. The predicted molar refractivity (Wildman–Crippen MR) is 58.2 cm³/mol. The number of ether oxygens (including phenoxy) is 2. The number of rotatable bonds is 1. The van der Waals surface area contributed by atoms with Crippen LogP contribution in [0.25, 0.3) is 11.0 Å². The first-order valence-electron chi connectivity index (χ1n) is 5.05. The molecule has 0 N–H and O–H groups in total. The second-order valence-corrected chi connectivity index (χ2v) is 3.69. The van der Waals surface area contributed by atoms with Gasteiger partial charge in [-0.15, -0.1) is 0 Å². The quantitative estimate of drug-likeness (QED) is 0.684. The summed E-state index contributed by atoms with van der Waals surface area (Å²) in [6.45, 7) is 0.679. The van der Waals surface area contributed by atoms with Crippen LogP contribution >= 0.6 is 0 Å². The van der Waals surface area contributed by atoms with Crippen LogP contribution in [0.4, 0.5) is 0 Å². The maximum atomic E-state index is 11.3. The Balaban J connectivity index is 2.39. The summed E-state index contributed by atoms with van der Waals surface area (Å²) in [4.78, 5) is 11.3. The Hall–Kier alpha value is -1.97. The van der Waals surface area contributed by atoms with E-state index in [1.54, 1.807) is 6.07 Å². The lowest BCUT2D eigenvalue weighted by atomic mass is 10.1. The second kappa shape index (κ2) is 3.27. The van der Waals surface area contributed by atoms with Crippen molar-refractivity contribution in [1.29, 1.82) is 0 Å². The summed E-state index contributed by atoms with van der Waals surface area (Å²) in [6, 6.07) is 5.06. The fourth-order valence-corrected chi connectivity index (χ4v) is 1.98. The molecule has 1 aromatic carbocycles. The van der Waals surface area contributed by atoms with E-state index in [-0.39, 0.29) is 0 Å². The van der Waals surface area contributed by atoms with E-state index in [0.29, 0.717) is 17.9 Å². The van der Waals surface area contributed by atoms with Gasteiger partial charge < -0.3 is 13.9 Å². The van der Waals surface area contributed by atoms with E-state index in [4.69, 9.17) is 13.9 Å². The number of methoxy groups -OCH3 is 1. The maximum absolute atomic E-state index is 11.3. The first-order chi connectivity index (χ1) is 7.78. The Kier molecular flexibility index (Phi) is 1.89. The lowest BCUT2D eigenvalue weighted by Gasteiger charge is -2.05. The third-order valence-electron chi connectivity index (χ3n) is 2.74. The van der Waals surface area contributed by atoms with Crippen LogP contribution in [0.1, 0.15) is 5.56 Å². The van der Waals surface area contributed by atoms with E-state index in [0.717, 1.165) is 23.1 Å². The minimum atomic E-state index is -0.415. The minimum absolute atomic E-state index is 0.415. The summed E-state index contributed by atoms with van der Waals surface area (Å²) >= 11 is 0. The molecule has 0 bridgehead atoms. The molecule has 0 spiro atoms. The molecule has 0 saturated heterocycles. The standard InChI is InChI=1S/C12H10O4/c1-14-10-6-12(13)16-11-5-9-7(2-3-15-9)4-8(10)11/h4-6H,2-3H2,1H3. The molecule has 4 nitrogen and oxygen atoms in total. The average Bonchev–Trinajstić information content (AvgIpc) is 2.72. The van der Waals surface area contributed by atoms with E-state index in [9.17, 15) is 4.79 Å². The van der Waals surface area contributed by atoms with Crippen molar-refractivity contribution in [1.82, 2.24) is 0 Å². The minimum Gasteiger partial charge on any atom is -0.496 e. The van der Waals surface area contributed by atoms with Gasteiger partial charge in [0, 0.05) is 12.5 Å². The van der Waals surface area contributed by atoms with Crippen molar-refractivity contribution in [2.75, 3.05) is 13.7 Å². The van der Waals surface area contributed by atoms with Gasteiger partial charge >= 0.3 is 5.63 Å². The largest absolute Gasteiger partial charge is 0.496 e. The zero-order valence-corrected chi connectivity index (χ0v) is 8.78. The Morgan fingerprint density at radius 1 is 1.31 bits per heavy atom. The average molecular weight is 218 g/mol. The predicted octanol–water partition coefficient (Wildman–Crippen LogP) is 1.74. The highest BCUT2D eigenvalue weighted by atomic mass is 16.5. The highest BCUT2D eigenvalue weighted by Gasteiger charge is 2.16. The molecule has 0 fully saturated rings. The Morgan fingerprint density at radius 3 is 3.00 bits per heavy atom. The van der Waals surface area contributed by atoms with Crippen LogP contribution < -0.4 is 15.1 Å². The third kappa shape index (κ3) is 1.26. The summed E-state index contributed by atoms with van der Waals surface area (Å²) in [5.41, 5.74) is 1.21. The highest BCUT2D eigenvalue weighted by Crippen LogP contribution is 2.33. The molecule has 0 aliphatic carbocycles. The first kappa shape index (κ1) is 9.27. The lowest BCUT2D eigenvalue weighted by Crippen LogP contribution is -1.99. The molecule has 82 valence electrons. The number of hydrogen-bond donors (Lipinski definition) is 0. The molecule has 1 aromatic heterocycles. The smallest absolute Gasteiger partial charge is 0.339 e. The molecular formula is C12H10O4. The molecule has 0 unspecified atom stereocenters. The van der Waals surface area contributed by atoms with Crippen LogP contribution in [0, 0.1) is 0 Å². The SMILES string of the molecule is COc1cc(=O)oc2cc3c(cc12)CCO3. The van der Waals surface area contributed by atoms with Crippen LogP contribution in [0.5, 0.6) is 11.5 Å². The lowest BCUT2D eigenvalue weighted by molar-refractivity contribution is 0.356. The molecule has 1 aliphatic heterocycles. The zero-order valence-electron chi connectivity index (χ0n) is 8.78. The molecular weight excluding hydrogens is 208 g/mol. The number of fused-ring (bicyclic) bond motifs is 2. The van der Waals surface area contributed by atoms with Crippen molar-refractivity contribution in [2.45, 2.75) is 6.42 Å². The summed E-state index contributed by atoms with van der Waals surface area (Å²) in [5.74, 6) is 1.34. The van der Waals surface area contributed by atoms with Crippen molar-refractivity contribution >= 4 is 11.0 Å². The molecule has 0 amide bonds. The van der Waals surface area contributed by atoms with Gasteiger partial charge in [-0.05, 0) is 11.6 Å². The van der Waals surface area contributed by atoms with E-state index in [2.05, 4.69) is 0 Å². The van der Waals surface area contributed by atoms with Gasteiger partial charge in [-0.1, -0.05) is 0 Å². The normalized spacial score (nSPS) is 13.6. The van der Waals surface area contributed by atoms with Gasteiger partial charge in [0.05, 0.1) is 25.2 Å². The monoisotopic (exact) mass is 218 g/mol. The molecule has 16 heavy (non-hydrogen) atoms. The van der Waals surface area contributed by atoms with Gasteiger partial charge in [0.15, 0.2) is 0 Å². The van der Waals surface area contributed by atoms with E-state index >= 15 is 0 Å². The summed E-state index contributed by atoms with van der Waals surface area (Å²) in [7, 11) is 1.54. The fourth-order valence-electron chi connectivity index (χ4n) is 1.98. The van der Waals surface area contributed by atoms with Gasteiger partial charge in [-0.25, -0.2) is 4.79 Å². The Bertz CT molecular complexity index is 612. The van der Waals surface area contributed by atoms with Crippen LogP contribution in [-0.2, 0) is 6.42 Å². The Labute approximate surface area is 91.4 Å². The van der Waals surface area contributed by atoms with Crippen LogP contribution in [0.15, 0.2) is 27.4 Å². The summed E-state index contributed by atoms with van der Waals surface area (Å²) in [5, 5.41) is 0.811. The second-order valence-electron chi connectivity index (χ2n) is 3.69. The van der Waals surface area contributed by atoms with Gasteiger partial charge in [-0.2, -0.15) is 0 Å². The molecule has 2 aromatic rings. The zero-order chi connectivity index (χ0) is 11.1. The summed E-state index contributed by atoms with van der Waals surface area (Å²) < 4.78 is 15.7. The van der Waals surface area contributed by atoms with Crippen LogP contribution in [0.3, 0.4) is 0 Å². The van der Waals surface area contributed by atoms with Gasteiger partial charge in [0.2, 0.25) is 0 Å². The van der Waals surface area contributed by atoms with E-state index in [1.807, 2.05) is 6.07 Å². The van der Waals surface area contributed by atoms with Crippen LogP contribution in [0.2, 0.25) is 0 Å². The molecule has 0 radical (unpaired) electrons. The third-order valence-corrected chi connectivity index (χ3v) is 2.74. The van der Waals surface area contributed by atoms with Crippen molar-refractivity contribution < 1.29 is 13.9 Å². The molecule has 1 aliphatic rings. The topological polar surface area (TPSA) is 48.7 Å². The molecule has 3 rings (SSSR count). The number of benzene rings is 1.